The Morgan fingerprint density at radius 2 is 1.29 bits per heavy atom. The van der Waals surface area contributed by atoms with Gasteiger partial charge in [-0.25, -0.2) is 0 Å². The van der Waals surface area contributed by atoms with Crippen LogP contribution in [0.4, 0.5) is 0 Å². The SMILES string of the molecule is CC(C)(C)[CH-]CC(C[CH-]C(C)(C)C)c1ccccn1.O.O.[Cl-].[Cl-].[Ti+4]. The minimum atomic E-state index is 0. The van der Waals surface area contributed by atoms with E-state index in [0.717, 1.165) is 12.8 Å². The summed E-state index contributed by atoms with van der Waals surface area (Å²) in [6, 6.07) is 6.22. The van der Waals surface area contributed by atoms with E-state index in [-0.39, 0.29) is 68.3 Å². The van der Waals surface area contributed by atoms with E-state index in [1.165, 1.54) is 5.69 Å². The van der Waals surface area contributed by atoms with Crippen LogP contribution in [-0.2, 0) is 21.7 Å². The van der Waals surface area contributed by atoms with E-state index in [4.69, 9.17) is 0 Å². The Hall–Kier alpha value is 0.364. The maximum Gasteiger partial charge on any atom is 4.00 e. The van der Waals surface area contributed by atoms with E-state index in [1.807, 2.05) is 12.3 Å². The van der Waals surface area contributed by atoms with Crippen molar-refractivity contribution in [3.63, 3.8) is 0 Å². The predicted molar refractivity (Wildman–Crippen MR) is 90.9 cm³/mol. The van der Waals surface area contributed by atoms with Crippen molar-refractivity contribution < 1.29 is 57.5 Å². The average molecular weight is 414 g/mol. The molecular formula is C18H33Cl2NO2Ti. The van der Waals surface area contributed by atoms with Gasteiger partial charge in [0.25, 0.3) is 0 Å². The Morgan fingerprint density at radius 3 is 1.58 bits per heavy atom. The number of nitrogens with zero attached hydrogens (tertiary/aromatic N) is 1. The van der Waals surface area contributed by atoms with Gasteiger partial charge in [-0.1, -0.05) is 53.5 Å². The van der Waals surface area contributed by atoms with Crippen molar-refractivity contribution >= 4 is 0 Å². The molecule has 0 fully saturated rings. The number of hydrogen-bond donors (Lipinski definition) is 0. The molecule has 1 rings (SSSR count). The zero-order valence-corrected chi connectivity index (χ0v) is 18.7. The molecule has 6 heteroatoms. The van der Waals surface area contributed by atoms with Gasteiger partial charge in [-0.3, -0.25) is 4.98 Å². The van der Waals surface area contributed by atoms with Crippen molar-refractivity contribution in [2.45, 2.75) is 60.3 Å². The molecule has 0 aliphatic carbocycles. The standard InChI is InChI=1S/C18H29N.2ClH.2H2O.Ti/c1-17(2,3)12-10-15(11-13-18(4,5)6)16-9-7-8-14-19-16;;;;;/h7-9,12-15H,10-11H2,1-6H3;2*1H;2*1H2;/q-2;;;;;+4/p-2. The van der Waals surface area contributed by atoms with Gasteiger partial charge in [0.2, 0.25) is 0 Å². The second-order valence-corrected chi connectivity index (χ2v) is 7.56. The third-order valence-electron chi connectivity index (χ3n) is 3.14. The molecule has 4 N–H and O–H groups in total. The van der Waals surface area contributed by atoms with Crippen LogP contribution in [0.2, 0.25) is 0 Å². The summed E-state index contributed by atoms with van der Waals surface area (Å²) in [6.07, 6.45) is 8.92. The Kier molecular flexibility index (Phi) is 23.1. The molecule has 0 amide bonds. The van der Waals surface area contributed by atoms with Gasteiger partial charge in [0.15, 0.2) is 0 Å². The number of rotatable bonds is 5. The number of halogens is 2. The molecule has 0 spiro atoms. The van der Waals surface area contributed by atoms with Crippen LogP contribution in [0.5, 0.6) is 0 Å². The zero-order chi connectivity index (χ0) is 14.5. The number of hydrogen-bond acceptors (Lipinski definition) is 1. The fourth-order valence-electron chi connectivity index (χ4n) is 1.95. The van der Waals surface area contributed by atoms with Gasteiger partial charge in [-0.15, -0.1) is 0 Å². The molecule has 0 atom stereocenters. The first kappa shape index (κ1) is 35.5. The van der Waals surface area contributed by atoms with Crippen molar-refractivity contribution in [1.82, 2.24) is 4.98 Å². The molecule has 0 saturated heterocycles. The van der Waals surface area contributed by atoms with Gasteiger partial charge in [0.05, 0.1) is 0 Å². The second-order valence-electron chi connectivity index (χ2n) is 7.56. The third-order valence-corrected chi connectivity index (χ3v) is 3.14. The average Bonchev–Trinajstić information content (AvgIpc) is 2.27. The van der Waals surface area contributed by atoms with E-state index in [0.29, 0.717) is 5.92 Å². The smallest absolute Gasteiger partial charge is 1.00 e. The van der Waals surface area contributed by atoms with Gasteiger partial charge in [0.1, 0.15) is 0 Å². The molecule has 0 aliphatic rings. The molecule has 0 aromatic carbocycles. The first-order chi connectivity index (χ1) is 8.67. The minimum absolute atomic E-state index is 0. The molecular weight excluding hydrogens is 381 g/mol. The van der Waals surface area contributed by atoms with Crippen LogP contribution in [0.1, 0.15) is 66.0 Å². The topological polar surface area (TPSA) is 75.9 Å². The summed E-state index contributed by atoms with van der Waals surface area (Å²) in [5, 5.41) is 0. The van der Waals surface area contributed by atoms with Crippen LogP contribution in [-0.4, -0.2) is 15.9 Å². The first-order valence-corrected chi connectivity index (χ1v) is 7.27. The summed E-state index contributed by atoms with van der Waals surface area (Å²) >= 11 is 0. The molecule has 3 nitrogen and oxygen atoms in total. The summed E-state index contributed by atoms with van der Waals surface area (Å²) in [5.41, 5.74) is 1.76. The van der Waals surface area contributed by atoms with Crippen molar-refractivity contribution in [3.05, 3.63) is 42.9 Å². The summed E-state index contributed by atoms with van der Waals surface area (Å²) in [7, 11) is 0. The quantitative estimate of drug-likeness (QED) is 0.398. The van der Waals surface area contributed by atoms with Crippen molar-refractivity contribution in [2.75, 3.05) is 0 Å². The number of pyridine rings is 1. The monoisotopic (exact) mass is 413 g/mol. The van der Waals surface area contributed by atoms with Gasteiger partial charge in [0, 0.05) is 11.9 Å². The van der Waals surface area contributed by atoms with Crippen LogP contribution >= 0.6 is 0 Å². The summed E-state index contributed by atoms with van der Waals surface area (Å²) < 4.78 is 0. The summed E-state index contributed by atoms with van der Waals surface area (Å²) in [4.78, 5) is 4.54. The summed E-state index contributed by atoms with van der Waals surface area (Å²) in [5.74, 6) is 0.500. The molecule has 24 heavy (non-hydrogen) atoms. The molecule has 140 valence electrons. The van der Waals surface area contributed by atoms with Gasteiger partial charge < -0.3 is 48.6 Å². The third kappa shape index (κ3) is 17.2. The van der Waals surface area contributed by atoms with Gasteiger partial charge >= 0.3 is 21.7 Å². The maximum atomic E-state index is 4.54. The molecule has 0 radical (unpaired) electrons. The maximum absolute atomic E-state index is 4.54. The minimum Gasteiger partial charge on any atom is -1.00 e. The van der Waals surface area contributed by atoms with E-state index >= 15 is 0 Å². The fraction of sp³-hybridized carbons (Fsp3) is 0.611. The van der Waals surface area contributed by atoms with E-state index in [9.17, 15) is 0 Å². The molecule has 0 unspecified atom stereocenters. The van der Waals surface area contributed by atoms with E-state index in [2.05, 4.69) is 71.5 Å². The zero-order valence-electron chi connectivity index (χ0n) is 15.7. The van der Waals surface area contributed by atoms with Crippen molar-refractivity contribution in [3.8, 4) is 0 Å². The predicted octanol–water partition coefficient (Wildman–Crippen LogP) is -2.20. The Bertz CT molecular complexity index is 361. The van der Waals surface area contributed by atoms with Crippen LogP contribution in [0.25, 0.3) is 0 Å². The Balaban J connectivity index is -0.000000241. The molecule has 0 saturated carbocycles. The van der Waals surface area contributed by atoms with Gasteiger partial charge in [-0.2, -0.15) is 23.7 Å². The van der Waals surface area contributed by atoms with E-state index in [1.54, 1.807) is 0 Å². The fourth-order valence-corrected chi connectivity index (χ4v) is 1.95. The summed E-state index contributed by atoms with van der Waals surface area (Å²) in [6.45, 7) is 13.6. The van der Waals surface area contributed by atoms with Crippen molar-refractivity contribution in [1.29, 1.82) is 0 Å². The molecule has 1 heterocycles. The van der Waals surface area contributed by atoms with Crippen LogP contribution in [0, 0.1) is 23.7 Å². The van der Waals surface area contributed by atoms with Gasteiger partial charge in [-0.05, 0) is 12.1 Å². The normalized spacial score (nSPS) is 10.3. The molecule has 1 aromatic rings. The largest absolute Gasteiger partial charge is 4.00 e. The first-order valence-electron chi connectivity index (χ1n) is 7.27. The van der Waals surface area contributed by atoms with Crippen molar-refractivity contribution in [2.24, 2.45) is 10.8 Å². The molecule has 1 aromatic heterocycles. The Labute approximate surface area is 176 Å². The van der Waals surface area contributed by atoms with Crippen LogP contribution < -0.4 is 24.8 Å². The molecule has 0 bridgehead atoms. The Morgan fingerprint density at radius 1 is 0.875 bits per heavy atom. The van der Waals surface area contributed by atoms with Crippen LogP contribution in [0.15, 0.2) is 24.4 Å². The van der Waals surface area contributed by atoms with E-state index < -0.39 is 0 Å². The molecule has 0 aliphatic heterocycles. The second kappa shape index (κ2) is 15.6. The number of aromatic nitrogens is 1. The van der Waals surface area contributed by atoms with Crippen LogP contribution in [0.3, 0.4) is 0 Å².